The number of hydrogen-bond acceptors (Lipinski definition) is 7. The number of fused-ring (bicyclic) bond motifs is 7. The lowest BCUT2D eigenvalue weighted by atomic mass is 9.34. The Kier molecular flexibility index (Phi) is 7.08. The number of Topliss-reactive ketones (excluding diaryl/α,β-unsaturated/α-hetero) is 1. The molecular weight excluding hydrogens is 614 g/mol. The molecule has 7 atom stereocenters. The topological polar surface area (TPSA) is 149 Å². The molecule has 9 nitrogen and oxygen atoms in total. The van der Waals surface area contributed by atoms with Crippen molar-refractivity contribution in [1.29, 1.82) is 5.26 Å². The number of aromatic nitrogens is 3. The van der Waals surface area contributed by atoms with Crippen LogP contribution in [0.4, 0.5) is 0 Å². The molecule has 0 aliphatic heterocycles. The molecule has 0 spiro atoms. The molecular formula is C40H47N5O4. The maximum atomic E-state index is 14.9. The molecule has 256 valence electrons. The third-order valence-corrected chi connectivity index (χ3v) is 14.4. The van der Waals surface area contributed by atoms with Crippen molar-refractivity contribution in [2.75, 3.05) is 0 Å². The Morgan fingerprint density at radius 3 is 2.35 bits per heavy atom. The molecule has 7 rings (SSSR count). The van der Waals surface area contributed by atoms with Crippen LogP contribution in [0.2, 0.25) is 0 Å². The second-order valence-electron chi connectivity index (χ2n) is 17.7. The number of nitriles is 1. The van der Waals surface area contributed by atoms with Crippen LogP contribution in [0.15, 0.2) is 54.2 Å². The van der Waals surface area contributed by atoms with E-state index in [-0.39, 0.29) is 57.3 Å². The predicted octanol–water partition coefficient (Wildman–Crippen LogP) is 6.90. The summed E-state index contributed by atoms with van der Waals surface area (Å²) in [5.41, 5.74) is 5.15. The summed E-state index contributed by atoms with van der Waals surface area (Å²) in [7, 11) is 0. The lowest BCUT2D eigenvalue weighted by Crippen LogP contribution is -2.66. The molecule has 2 aromatic rings. The van der Waals surface area contributed by atoms with Crippen LogP contribution in [-0.4, -0.2) is 37.9 Å². The van der Waals surface area contributed by atoms with E-state index in [4.69, 9.17) is 5.73 Å². The average molecular weight is 662 g/mol. The van der Waals surface area contributed by atoms with E-state index >= 15 is 0 Å². The van der Waals surface area contributed by atoms with Gasteiger partial charge in [0.2, 0.25) is 5.91 Å². The monoisotopic (exact) mass is 661 g/mol. The molecule has 1 amide bonds. The highest BCUT2D eigenvalue weighted by Crippen LogP contribution is 2.74. The molecule has 0 radical (unpaired) electrons. The number of pyridine rings is 1. The Bertz CT molecular complexity index is 1930. The van der Waals surface area contributed by atoms with Crippen LogP contribution in [0, 0.1) is 61.6 Å². The molecule has 5 aliphatic carbocycles. The quantitative estimate of drug-likeness (QED) is 0.376. The lowest BCUT2D eigenvalue weighted by Gasteiger charge is -2.69. The van der Waals surface area contributed by atoms with Crippen LogP contribution in [0.5, 0.6) is 0 Å². The third kappa shape index (κ3) is 4.41. The minimum Gasteiger partial charge on any atom is -0.364 e. The summed E-state index contributed by atoms with van der Waals surface area (Å²) in [6.45, 7) is 15.2. The van der Waals surface area contributed by atoms with Crippen molar-refractivity contribution in [3.05, 3.63) is 59.8 Å². The first-order valence-electron chi connectivity index (χ1n) is 17.6. The van der Waals surface area contributed by atoms with Gasteiger partial charge in [0.25, 0.3) is 5.91 Å². The molecule has 2 unspecified atom stereocenters. The number of carbonyl (C=O) groups is 4. The number of nitrogens with zero attached hydrogens (tertiary/aromatic N) is 4. The van der Waals surface area contributed by atoms with Gasteiger partial charge in [0.1, 0.15) is 18.1 Å². The highest BCUT2D eigenvalue weighted by molar-refractivity contribution is 6.05. The first-order valence-corrected chi connectivity index (χ1v) is 17.6. The van der Waals surface area contributed by atoms with Crippen molar-refractivity contribution in [2.24, 2.45) is 56.0 Å². The molecule has 0 aromatic carbocycles. The Labute approximate surface area is 288 Å². The molecule has 2 heterocycles. The number of amides is 1. The first kappa shape index (κ1) is 33.3. The number of rotatable bonds is 3. The Morgan fingerprint density at radius 2 is 1.69 bits per heavy atom. The van der Waals surface area contributed by atoms with E-state index in [1.807, 2.05) is 26.0 Å². The van der Waals surface area contributed by atoms with Crippen LogP contribution < -0.4 is 5.73 Å². The van der Waals surface area contributed by atoms with Gasteiger partial charge < -0.3 is 5.73 Å². The number of allylic oxidation sites excluding steroid dienone is 4. The van der Waals surface area contributed by atoms with E-state index in [0.717, 1.165) is 37.7 Å². The number of carbonyl (C=O) groups excluding carboxylic acids is 4. The molecule has 5 aliphatic rings. The maximum Gasteiger partial charge on any atom is 0.267 e. The summed E-state index contributed by atoms with van der Waals surface area (Å²) >= 11 is 0. The summed E-state index contributed by atoms with van der Waals surface area (Å²) in [4.78, 5) is 63.3. The first-order chi connectivity index (χ1) is 22.8. The Balaban J connectivity index is 1.31. The zero-order valence-corrected chi connectivity index (χ0v) is 29.7. The van der Waals surface area contributed by atoms with Gasteiger partial charge in [-0.2, -0.15) is 5.26 Å². The Hall–Kier alpha value is -4.19. The van der Waals surface area contributed by atoms with E-state index in [9.17, 15) is 24.4 Å². The van der Waals surface area contributed by atoms with Crippen LogP contribution in [0.3, 0.4) is 0 Å². The normalized spacial score (nSPS) is 37.3. The largest absolute Gasteiger partial charge is 0.364 e. The van der Waals surface area contributed by atoms with Crippen LogP contribution in [-0.2, 0) is 9.59 Å². The van der Waals surface area contributed by atoms with Gasteiger partial charge in [-0.25, -0.2) is 4.98 Å². The van der Waals surface area contributed by atoms with Crippen LogP contribution in [0.25, 0.3) is 11.3 Å². The predicted molar refractivity (Wildman–Crippen MR) is 184 cm³/mol. The van der Waals surface area contributed by atoms with Gasteiger partial charge in [-0.3, -0.25) is 28.7 Å². The second kappa shape index (κ2) is 10.4. The average Bonchev–Trinajstić information content (AvgIpc) is 3.54. The fraction of sp³-hybridized carbons (Fsp3) is 0.575. The third-order valence-electron chi connectivity index (χ3n) is 14.4. The fourth-order valence-electron chi connectivity index (χ4n) is 11.5. The second-order valence-corrected chi connectivity index (χ2v) is 17.7. The van der Waals surface area contributed by atoms with E-state index < -0.39 is 27.6 Å². The van der Waals surface area contributed by atoms with Crippen molar-refractivity contribution < 1.29 is 19.2 Å². The molecule has 2 N–H and O–H groups in total. The highest BCUT2D eigenvalue weighted by atomic mass is 16.2. The highest BCUT2D eigenvalue weighted by Gasteiger charge is 2.71. The molecule has 49 heavy (non-hydrogen) atoms. The summed E-state index contributed by atoms with van der Waals surface area (Å²) in [6, 6.07) is 5.45. The standard InChI is InChI=1S/C40H47N5O4/c1-35(2)12-14-40(34(49)45-21-27(44-22-45)23-8-9-26(33(42)48)43-20-23)15-13-39(7)31(25(40)18-35)28(46)16-30-37(5)17-24(19-41)32(47)36(3,4)29(37)10-11-38(30,39)6/h8-9,16-17,20-22,25,29,31H,10-15,18H2,1-7H3,(H2,42,48)/t25?,29?,31-,37-,38+,39+,40-/m0/s1. The van der Waals surface area contributed by atoms with Crippen molar-refractivity contribution in [1.82, 2.24) is 14.5 Å². The smallest absolute Gasteiger partial charge is 0.267 e. The number of primary amides is 1. The molecule has 0 saturated heterocycles. The van der Waals surface area contributed by atoms with E-state index in [1.54, 1.807) is 29.2 Å². The molecule has 3 fully saturated rings. The van der Waals surface area contributed by atoms with Gasteiger partial charge in [-0.05, 0) is 91.2 Å². The fourth-order valence-corrected chi connectivity index (χ4v) is 11.5. The summed E-state index contributed by atoms with van der Waals surface area (Å²) in [5, 5.41) is 10.0. The minimum atomic E-state index is -0.725. The molecule has 0 bridgehead atoms. The van der Waals surface area contributed by atoms with Gasteiger partial charge >= 0.3 is 0 Å². The molecule has 2 aromatic heterocycles. The Morgan fingerprint density at radius 1 is 0.980 bits per heavy atom. The summed E-state index contributed by atoms with van der Waals surface area (Å²) < 4.78 is 1.60. The number of imidazole rings is 1. The van der Waals surface area contributed by atoms with Crippen molar-refractivity contribution in [2.45, 2.75) is 93.4 Å². The number of hydrogen-bond donors (Lipinski definition) is 1. The molecule has 9 heteroatoms. The van der Waals surface area contributed by atoms with E-state index in [2.05, 4.69) is 50.7 Å². The van der Waals surface area contributed by atoms with E-state index in [1.165, 1.54) is 6.20 Å². The van der Waals surface area contributed by atoms with Gasteiger partial charge in [-0.1, -0.05) is 60.1 Å². The number of ketones is 2. The zero-order chi connectivity index (χ0) is 35.5. The van der Waals surface area contributed by atoms with Gasteiger partial charge in [0.05, 0.1) is 16.7 Å². The van der Waals surface area contributed by atoms with Crippen LogP contribution >= 0.6 is 0 Å². The zero-order valence-electron chi connectivity index (χ0n) is 29.7. The minimum absolute atomic E-state index is 0.0203. The van der Waals surface area contributed by atoms with Gasteiger partial charge in [0, 0.05) is 34.7 Å². The number of nitrogens with two attached hydrogens (primary N) is 1. The van der Waals surface area contributed by atoms with E-state index in [0.29, 0.717) is 24.1 Å². The summed E-state index contributed by atoms with van der Waals surface area (Å²) in [5.74, 6) is -1.19. The van der Waals surface area contributed by atoms with Crippen LogP contribution in [0.1, 0.15) is 109 Å². The maximum absolute atomic E-state index is 14.9. The van der Waals surface area contributed by atoms with Crippen molar-refractivity contribution >= 4 is 23.4 Å². The summed E-state index contributed by atoms with van der Waals surface area (Å²) in [6.07, 6.45) is 14.0. The van der Waals surface area contributed by atoms with Gasteiger partial charge in [0.15, 0.2) is 11.6 Å². The molecule has 3 saturated carbocycles. The van der Waals surface area contributed by atoms with Crippen molar-refractivity contribution in [3.8, 4) is 17.3 Å². The van der Waals surface area contributed by atoms with Crippen molar-refractivity contribution in [3.63, 3.8) is 0 Å². The SMILES string of the molecule is CC1(C)CC[C@]2(C(=O)n3cnc(-c4ccc(C(N)=O)nc4)c3)CC[C@]3(C)[C@H](C(=O)C=C4[C@@]5(C)C=C(C#N)C(=O)C(C)(C)C5CC[C@]43C)C2C1. The lowest BCUT2D eigenvalue weighted by molar-refractivity contribution is -0.164. The van der Waals surface area contributed by atoms with Gasteiger partial charge in [-0.15, -0.1) is 0 Å².